The Bertz CT molecular complexity index is 774. The molecule has 4 unspecified atom stereocenters. The van der Waals surface area contributed by atoms with Crippen molar-refractivity contribution in [2.75, 3.05) is 26.2 Å². The Kier molecular flexibility index (Phi) is 7.53. The molecule has 0 spiro atoms. The summed E-state index contributed by atoms with van der Waals surface area (Å²) in [4.78, 5) is 15.0. The zero-order valence-electron chi connectivity index (χ0n) is 17.1. The van der Waals surface area contributed by atoms with E-state index in [1.165, 1.54) is 0 Å². The van der Waals surface area contributed by atoms with Crippen LogP contribution in [-0.4, -0.2) is 61.8 Å². The van der Waals surface area contributed by atoms with E-state index in [1.807, 2.05) is 11.8 Å². The summed E-state index contributed by atoms with van der Waals surface area (Å²) in [5, 5.41) is 3.36. The summed E-state index contributed by atoms with van der Waals surface area (Å²) in [6, 6.07) is 6.78. The number of piperazine rings is 1. The van der Waals surface area contributed by atoms with Gasteiger partial charge in [-0.1, -0.05) is 13.8 Å². The number of carbonyl (C=O) groups excluding carboxylic acids is 1. The van der Waals surface area contributed by atoms with E-state index in [9.17, 15) is 13.2 Å². The number of carbonyl (C=O) groups is 1. The van der Waals surface area contributed by atoms with Gasteiger partial charge in [0.05, 0.1) is 4.90 Å². The van der Waals surface area contributed by atoms with Gasteiger partial charge < -0.3 is 10.2 Å². The van der Waals surface area contributed by atoms with Crippen molar-refractivity contribution in [1.82, 2.24) is 14.5 Å². The van der Waals surface area contributed by atoms with E-state index in [1.54, 1.807) is 28.6 Å². The van der Waals surface area contributed by atoms with Crippen LogP contribution < -0.4 is 5.32 Å². The molecule has 1 aromatic carbocycles. The highest BCUT2D eigenvalue weighted by molar-refractivity contribution is 7.89. The van der Waals surface area contributed by atoms with Gasteiger partial charge in [0.15, 0.2) is 0 Å². The lowest BCUT2D eigenvalue weighted by atomic mass is 9.94. The van der Waals surface area contributed by atoms with E-state index in [4.69, 9.17) is 0 Å². The van der Waals surface area contributed by atoms with Crippen LogP contribution in [0, 0.1) is 11.8 Å². The van der Waals surface area contributed by atoms with Crippen molar-refractivity contribution in [3.05, 3.63) is 29.8 Å². The average Bonchev–Trinajstić information content (AvgIpc) is 2.63. The molecule has 0 radical (unpaired) electrons. The fraction of sp³-hybridized carbons (Fsp3) is 0.650. The van der Waals surface area contributed by atoms with Crippen molar-refractivity contribution in [3.8, 4) is 0 Å². The fourth-order valence-electron chi connectivity index (χ4n) is 4.23. The molecule has 0 aromatic heterocycles. The van der Waals surface area contributed by atoms with E-state index >= 15 is 0 Å². The number of benzene rings is 1. The quantitative estimate of drug-likeness (QED) is 0.801. The second kappa shape index (κ2) is 9.11. The Hall–Kier alpha value is -1.15. The van der Waals surface area contributed by atoms with Gasteiger partial charge in [-0.05, 0) is 56.4 Å². The minimum Gasteiger partial charge on any atom is -0.333 e. The van der Waals surface area contributed by atoms with Gasteiger partial charge in [0.1, 0.15) is 0 Å². The lowest BCUT2D eigenvalue weighted by Crippen LogP contribution is -2.57. The summed E-state index contributed by atoms with van der Waals surface area (Å²) < 4.78 is 27.5. The van der Waals surface area contributed by atoms with Gasteiger partial charge in [0.2, 0.25) is 10.0 Å². The van der Waals surface area contributed by atoms with Gasteiger partial charge in [0, 0.05) is 43.8 Å². The molecule has 2 fully saturated rings. The Morgan fingerprint density at radius 1 is 1.04 bits per heavy atom. The van der Waals surface area contributed by atoms with E-state index in [0.717, 1.165) is 13.0 Å². The number of hydrogen-bond donors (Lipinski definition) is 1. The van der Waals surface area contributed by atoms with Gasteiger partial charge in [-0.25, -0.2) is 8.42 Å². The highest BCUT2D eigenvalue weighted by Crippen LogP contribution is 2.27. The summed E-state index contributed by atoms with van der Waals surface area (Å²) in [6.45, 7) is 10.8. The fourth-order valence-corrected chi connectivity index (χ4v) is 5.91. The Morgan fingerprint density at radius 2 is 1.61 bits per heavy atom. The van der Waals surface area contributed by atoms with Crippen LogP contribution in [0.1, 0.15) is 44.5 Å². The number of nitrogens with one attached hydrogen (secondary N) is 1. The smallest absolute Gasteiger partial charge is 0.254 e. The van der Waals surface area contributed by atoms with E-state index in [0.29, 0.717) is 37.0 Å². The molecular formula is C20H32ClN3O3S. The second-order valence-corrected chi connectivity index (χ2v) is 10.2. The van der Waals surface area contributed by atoms with Crippen LogP contribution in [-0.2, 0) is 10.0 Å². The van der Waals surface area contributed by atoms with Gasteiger partial charge in [0.25, 0.3) is 5.91 Å². The number of piperidine rings is 1. The molecule has 1 amide bonds. The molecule has 2 saturated heterocycles. The number of rotatable bonds is 3. The van der Waals surface area contributed by atoms with Crippen molar-refractivity contribution < 1.29 is 13.2 Å². The SMILES string of the molecule is CC1CC(C)CN(S(=O)(=O)c2ccc(C(=O)N3CCNC(C)C3C)cc2)C1.Cl. The molecule has 158 valence electrons. The third-order valence-electron chi connectivity index (χ3n) is 5.87. The maximum Gasteiger partial charge on any atom is 0.254 e. The first kappa shape index (κ1) is 23.1. The van der Waals surface area contributed by atoms with E-state index < -0.39 is 10.0 Å². The molecule has 1 aromatic rings. The van der Waals surface area contributed by atoms with Crippen molar-refractivity contribution in [1.29, 1.82) is 0 Å². The lowest BCUT2D eigenvalue weighted by molar-refractivity contribution is 0.0603. The number of hydrogen-bond acceptors (Lipinski definition) is 4. The minimum absolute atomic E-state index is 0. The molecule has 6 nitrogen and oxygen atoms in total. The van der Waals surface area contributed by atoms with Crippen LogP contribution in [0.15, 0.2) is 29.2 Å². The number of sulfonamides is 1. The molecule has 1 N–H and O–H groups in total. The van der Waals surface area contributed by atoms with Crippen LogP contribution in [0.4, 0.5) is 0 Å². The van der Waals surface area contributed by atoms with E-state index in [-0.39, 0.29) is 35.3 Å². The highest BCUT2D eigenvalue weighted by atomic mass is 35.5. The third kappa shape index (κ3) is 4.70. The van der Waals surface area contributed by atoms with E-state index in [2.05, 4.69) is 26.1 Å². The first-order chi connectivity index (χ1) is 12.7. The lowest BCUT2D eigenvalue weighted by Gasteiger charge is -2.38. The first-order valence-corrected chi connectivity index (χ1v) is 11.3. The molecule has 2 aliphatic rings. The predicted molar refractivity (Wildman–Crippen MR) is 113 cm³/mol. The molecular weight excluding hydrogens is 398 g/mol. The summed E-state index contributed by atoms with van der Waals surface area (Å²) in [6.07, 6.45) is 1.06. The van der Waals surface area contributed by atoms with Crippen LogP contribution in [0.3, 0.4) is 0 Å². The third-order valence-corrected chi connectivity index (χ3v) is 7.72. The van der Waals surface area contributed by atoms with Crippen LogP contribution in [0.2, 0.25) is 0 Å². The molecule has 28 heavy (non-hydrogen) atoms. The Balaban J connectivity index is 0.00000280. The summed E-state index contributed by atoms with van der Waals surface area (Å²) in [5.41, 5.74) is 0.537. The standard InChI is InChI=1S/C20H31N3O3S.ClH/c1-14-11-15(2)13-22(12-14)27(25,26)19-7-5-18(6-8-19)20(24)23-10-9-21-16(3)17(23)4;/h5-8,14-17,21H,9-13H2,1-4H3;1H. The maximum absolute atomic E-state index is 13.0. The average molecular weight is 430 g/mol. The second-order valence-electron chi connectivity index (χ2n) is 8.27. The molecule has 0 saturated carbocycles. The number of halogens is 1. The molecule has 0 bridgehead atoms. The molecule has 4 atom stereocenters. The molecule has 2 heterocycles. The summed E-state index contributed by atoms with van der Waals surface area (Å²) >= 11 is 0. The van der Waals surface area contributed by atoms with Gasteiger partial charge in [-0.2, -0.15) is 4.31 Å². The largest absolute Gasteiger partial charge is 0.333 e. The van der Waals surface area contributed by atoms with Gasteiger partial charge in [-0.3, -0.25) is 4.79 Å². The first-order valence-electron chi connectivity index (χ1n) is 9.84. The zero-order valence-corrected chi connectivity index (χ0v) is 18.7. The maximum atomic E-state index is 13.0. The normalized spacial score (nSPS) is 29.2. The monoisotopic (exact) mass is 429 g/mol. The predicted octanol–water partition coefficient (Wildman–Crippen LogP) is 2.60. The Labute approximate surface area is 175 Å². The van der Waals surface area contributed by atoms with Crippen molar-refractivity contribution in [3.63, 3.8) is 0 Å². The minimum atomic E-state index is -3.52. The van der Waals surface area contributed by atoms with Crippen LogP contribution >= 0.6 is 12.4 Å². The summed E-state index contributed by atoms with van der Waals surface area (Å²) in [7, 11) is -3.52. The topological polar surface area (TPSA) is 69.7 Å². The van der Waals surface area contributed by atoms with Crippen molar-refractivity contribution in [2.24, 2.45) is 11.8 Å². The Morgan fingerprint density at radius 3 is 2.18 bits per heavy atom. The van der Waals surface area contributed by atoms with Crippen LogP contribution in [0.25, 0.3) is 0 Å². The van der Waals surface area contributed by atoms with Crippen molar-refractivity contribution >= 4 is 28.3 Å². The van der Waals surface area contributed by atoms with Gasteiger partial charge >= 0.3 is 0 Å². The number of nitrogens with zero attached hydrogens (tertiary/aromatic N) is 2. The molecule has 2 aliphatic heterocycles. The molecule has 8 heteroatoms. The zero-order chi connectivity index (χ0) is 19.8. The number of amides is 1. The molecule has 0 aliphatic carbocycles. The highest BCUT2D eigenvalue weighted by Gasteiger charge is 2.32. The van der Waals surface area contributed by atoms with Crippen molar-refractivity contribution in [2.45, 2.75) is 51.1 Å². The van der Waals surface area contributed by atoms with Crippen LogP contribution in [0.5, 0.6) is 0 Å². The van der Waals surface area contributed by atoms with Gasteiger partial charge in [-0.15, -0.1) is 12.4 Å². The molecule has 3 rings (SSSR count). The summed E-state index contributed by atoms with van der Waals surface area (Å²) in [5.74, 6) is 0.682.